The van der Waals surface area contributed by atoms with Crippen LogP contribution in [0.2, 0.25) is 5.02 Å². The topological polar surface area (TPSA) is 107 Å². The Morgan fingerprint density at radius 1 is 1.40 bits per heavy atom. The van der Waals surface area contributed by atoms with Gasteiger partial charge in [0.2, 0.25) is 10.0 Å². The predicted octanol–water partition coefficient (Wildman–Crippen LogP) is 2.38. The third-order valence-corrected chi connectivity index (χ3v) is 3.97. The van der Waals surface area contributed by atoms with Crippen molar-refractivity contribution < 1.29 is 23.1 Å². The van der Waals surface area contributed by atoms with Crippen LogP contribution < -0.4 is 9.88 Å². The SMILES string of the molecule is NS(=O)(=O)c1cc(Br)cc(Cl)c1OCCCCC(=O)O. The third-order valence-electron chi connectivity index (χ3n) is 2.31. The number of ether oxygens (including phenoxy) is 1. The lowest BCUT2D eigenvalue weighted by Gasteiger charge is -2.12. The molecule has 0 amide bonds. The van der Waals surface area contributed by atoms with E-state index in [0.717, 1.165) is 0 Å². The molecule has 0 radical (unpaired) electrons. The van der Waals surface area contributed by atoms with Gasteiger partial charge in [0.25, 0.3) is 0 Å². The van der Waals surface area contributed by atoms with Crippen molar-refractivity contribution in [2.24, 2.45) is 5.14 Å². The quantitative estimate of drug-likeness (QED) is 0.700. The Morgan fingerprint density at radius 3 is 2.60 bits per heavy atom. The van der Waals surface area contributed by atoms with Gasteiger partial charge in [0.15, 0.2) is 5.75 Å². The summed E-state index contributed by atoms with van der Waals surface area (Å²) < 4.78 is 28.7. The van der Waals surface area contributed by atoms with Crippen molar-refractivity contribution in [3.8, 4) is 5.75 Å². The lowest BCUT2D eigenvalue weighted by atomic mass is 10.2. The van der Waals surface area contributed by atoms with Crippen molar-refractivity contribution in [3.05, 3.63) is 21.6 Å². The van der Waals surface area contributed by atoms with Crippen molar-refractivity contribution in [1.82, 2.24) is 0 Å². The van der Waals surface area contributed by atoms with Gasteiger partial charge in [0.1, 0.15) is 4.90 Å². The smallest absolute Gasteiger partial charge is 0.303 e. The van der Waals surface area contributed by atoms with E-state index in [1.807, 2.05) is 0 Å². The average molecular weight is 387 g/mol. The van der Waals surface area contributed by atoms with Gasteiger partial charge in [-0.25, -0.2) is 13.6 Å². The van der Waals surface area contributed by atoms with Crippen LogP contribution in [0.1, 0.15) is 19.3 Å². The maximum atomic E-state index is 11.5. The summed E-state index contributed by atoms with van der Waals surface area (Å²) in [6.45, 7) is 0.150. The number of unbranched alkanes of at least 4 members (excludes halogenated alkanes) is 1. The lowest BCUT2D eigenvalue weighted by molar-refractivity contribution is -0.137. The second kappa shape index (κ2) is 7.26. The van der Waals surface area contributed by atoms with E-state index in [-0.39, 0.29) is 28.7 Å². The summed E-state index contributed by atoms with van der Waals surface area (Å²) in [5, 5.41) is 13.7. The van der Waals surface area contributed by atoms with E-state index < -0.39 is 16.0 Å². The molecule has 0 heterocycles. The Labute approximate surface area is 130 Å². The van der Waals surface area contributed by atoms with Gasteiger partial charge in [-0.05, 0) is 25.0 Å². The molecular formula is C11H13BrClNO5S. The van der Waals surface area contributed by atoms with Crippen molar-refractivity contribution in [2.45, 2.75) is 24.2 Å². The third kappa shape index (κ3) is 5.28. The van der Waals surface area contributed by atoms with E-state index >= 15 is 0 Å². The summed E-state index contributed by atoms with van der Waals surface area (Å²) in [7, 11) is -3.97. The Kier molecular flexibility index (Phi) is 6.25. The van der Waals surface area contributed by atoms with Crippen LogP contribution in [-0.4, -0.2) is 26.1 Å². The van der Waals surface area contributed by atoms with E-state index in [1.165, 1.54) is 12.1 Å². The van der Waals surface area contributed by atoms with Gasteiger partial charge in [-0.3, -0.25) is 4.79 Å². The van der Waals surface area contributed by atoms with E-state index in [2.05, 4.69) is 15.9 Å². The van der Waals surface area contributed by atoms with Crippen LogP contribution in [0.4, 0.5) is 0 Å². The summed E-state index contributed by atoms with van der Waals surface area (Å²) in [5.41, 5.74) is 0. The molecule has 9 heteroatoms. The van der Waals surface area contributed by atoms with Crippen LogP contribution in [-0.2, 0) is 14.8 Å². The number of halogens is 2. The highest BCUT2D eigenvalue weighted by Crippen LogP contribution is 2.35. The minimum absolute atomic E-state index is 0.0207. The molecule has 0 fully saturated rings. The molecule has 20 heavy (non-hydrogen) atoms. The van der Waals surface area contributed by atoms with Crippen LogP contribution in [0.3, 0.4) is 0 Å². The van der Waals surface area contributed by atoms with Gasteiger partial charge in [-0.1, -0.05) is 27.5 Å². The minimum Gasteiger partial charge on any atom is -0.491 e. The molecule has 0 aromatic heterocycles. The molecule has 1 rings (SSSR count). The molecule has 0 atom stereocenters. The minimum atomic E-state index is -3.97. The number of rotatable bonds is 7. The molecule has 0 saturated heterocycles. The first-order valence-electron chi connectivity index (χ1n) is 5.58. The van der Waals surface area contributed by atoms with Crippen LogP contribution in [0, 0.1) is 0 Å². The molecule has 0 unspecified atom stereocenters. The first kappa shape index (κ1) is 17.2. The summed E-state index contributed by atoms with van der Waals surface area (Å²) in [5.74, 6) is -0.912. The largest absolute Gasteiger partial charge is 0.491 e. The molecule has 0 spiro atoms. The molecule has 6 nitrogen and oxygen atoms in total. The number of nitrogens with two attached hydrogens (primary N) is 1. The van der Waals surface area contributed by atoms with Gasteiger partial charge < -0.3 is 9.84 Å². The number of benzene rings is 1. The zero-order valence-corrected chi connectivity index (χ0v) is 13.5. The molecule has 1 aromatic carbocycles. The van der Waals surface area contributed by atoms with Crippen molar-refractivity contribution in [3.63, 3.8) is 0 Å². The van der Waals surface area contributed by atoms with Gasteiger partial charge in [0.05, 0.1) is 11.6 Å². The Morgan fingerprint density at radius 2 is 2.05 bits per heavy atom. The molecule has 0 saturated carbocycles. The Hall–Kier alpha value is -0.830. The predicted molar refractivity (Wildman–Crippen MR) is 77.5 cm³/mol. The summed E-state index contributed by atoms with van der Waals surface area (Å²) in [6, 6.07) is 2.79. The van der Waals surface area contributed by atoms with Crippen LogP contribution in [0.25, 0.3) is 0 Å². The lowest BCUT2D eigenvalue weighted by Crippen LogP contribution is -2.14. The van der Waals surface area contributed by atoms with Crippen LogP contribution in [0.15, 0.2) is 21.5 Å². The van der Waals surface area contributed by atoms with E-state index in [9.17, 15) is 13.2 Å². The van der Waals surface area contributed by atoms with Gasteiger partial charge in [0, 0.05) is 10.9 Å². The Bertz CT molecular complexity index is 605. The van der Waals surface area contributed by atoms with Crippen LogP contribution in [0.5, 0.6) is 5.75 Å². The highest BCUT2D eigenvalue weighted by atomic mass is 79.9. The highest BCUT2D eigenvalue weighted by molar-refractivity contribution is 9.10. The van der Waals surface area contributed by atoms with Crippen molar-refractivity contribution >= 4 is 43.5 Å². The first-order valence-corrected chi connectivity index (χ1v) is 8.30. The Balaban J connectivity index is 2.81. The number of carboxylic acids is 1. The number of carbonyl (C=O) groups is 1. The van der Waals surface area contributed by atoms with Gasteiger partial charge >= 0.3 is 5.97 Å². The number of hydrogen-bond donors (Lipinski definition) is 2. The maximum absolute atomic E-state index is 11.5. The molecule has 0 aliphatic heterocycles. The molecule has 0 aliphatic carbocycles. The number of primary sulfonamides is 1. The van der Waals surface area contributed by atoms with Gasteiger partial charge in [-0.15, -0.1) is 0 Å². The number of carboxylic acid groups (broad SMARTS) is 1. The standard InChI is InChI=1S/C11H13BrClNO5S/c12-7-5-8(13)11(9(6-7)20(14,17)18)19-4-2-1-3-10(15)16/h5-6H,1-4H2,(H,15,16)(H2,14,17,18). The van der Waals surface area contributed by atoms with Crippen LogP contribution >= 0.6 is 27.5 Å². The van der Waals surface area contributed by atoms with E-state index in [1.54, 1.807) is 0 Å². The molecule has 3 N–H and O–H groups in total. The number of aliphatic carboxylic acids is 1. The average Bonchev–Trinajstić information content (AvgIpc) is 2.28. The normalized spacial score (nSPS) is 11.3. The monoisotopic (exact) mass is 385 g/mol. The van der Waals surface area contributed by atoms with Crippen molar-refractivity contribution in [2.75, 3.05) is 6.61 Å². The molecule has 1 aromatic rings. The van der Waals surface area contributed by atoms with E-state index in [4.69, 9.17) is 26.6 Å². The number of hydrogen-bond acceptors (Lipinski definition) is 4. The summed E-state index contributed by atoms with van der Waals surface area (Å²) in [4.78, 5) is 10.1. The fourth-order valence-corrected chi connectivity index (χ4v) is 3.23. The fraction of sp³-hybridized carbons (Fsp3) is 0.364. The zero-order valence-electron chi connectivity index (χ0n) is 10.3. The fourth-order valence-electron chi connectivity index (χ4n) is 1.44. The van der Waals surface area contributed by atoms with Crippen molar-refractivity contribution in [1.29, 1.82) is 0 Å². The summed E-state index contributed by atoms with van der Waals surface area (Å²) in [6.07, 6.45) is 0.913. The molecular weight excluding hydrogens is 374 g/mol. The molecule has 112 valence electrons. The second-order valence-corrected chi connectivity index (χ2v) is 6.81. The van der Waals surface area contributed by atoms with E-state index in [0.29, 0.717) is 17.3 Å². The van der Waals surface area contributed by atoms with Gasteiger partial charge in [-0.2, -0.15) is 0 Å². The first-order chi connectivity index (χ1) is 9.21. The summed E-state index contributed by atoms with van der Waals surface area (Å²) >= 11 is 9.06. The molecule has 0 aliphatic rings. The maximum Gasteiger partial charge on any atom is 0.303 e. The highest BCUT2D eigenvalue weighted by Gasteiger charge is 2.19. The second-order valence-electron chi connectivity index (χ2n) is 3.96. The molecule has 0 bridgehead atoms. The zero-order chi connectivity index (χ0) is 15.3. The number of sulfonamides is 1.